The van der Waals surface area contributed by atoms with Gasteiger partial charge in [-0.3, -0.25) is 4.79 Å². The highest BCUT2D eigenvalue weighted by Gasteiger charge is 2.27. The SMILES string of the molecule is COc1cc2nc(N3CCN(C(=O)c4cccc(Br)c4OCc4ccccc4)CC3)nc(N)c2cc1OC. The van der Waals surface area contributed by atoms with Crippen molar-refractivity contribution < 1.29 is 19.0 Å². The lowest BCUT2D eigenvalue weighted by Crippen LogP contribution is -2.49. The third kappa shape index (κ3) is 5.17. The third-order valence-electron chi connectivity index (χ3n) is 6.49. The maximum atomic E-state index is 13.5. The normalized spacial score (nSPS) is 13.4. The molecule has 0 radical (unpaired) electrons. The number of rotatable bonds is 7. The molecule has 1 aliphatic rings. The monoisotopic (exact) mass is 577 g/mol. The Labute approximate surface area is 229 Å². The predicted molar refractivity (Wildman–Crippen MR) is 150 cm³/mol. The van der Waals surface area contributed by atoms with Crippen LogP contribution in [0.25, 0.3) is 10.9 Å². The Morgan fingerprint density at radius 1 is 0.947 bits per heavy atom. The Bertz CT molecular complexity index is 1460. The number of nitrogen functional groups attached to an aromatic ring is 1. The zero-order valence-corrected chi connectivity index (χ0v) is 22.8. The molecule has 3 aromatic carbocycles. The van der Waals surface area contributed by atoms with E-state index >= 15 is 0 Å². The minimum absolute atomic E-state index is 0.0789. The van der Waals surface area contributed by atoms with E-state index in [1.165, 1.54) is 0 Å². The quantitative estimate of drug-likeness (QED) is 0.341. The largest absolute Gasteiger partial charge is 0.493 e. The van der Waals surface area contributed by atoms with Crippen molar-refractivity contribution in [1.29, 1.82) is 0 Å². The second-order valence-electron chi connectivity index (χ2n) is 8.80. The van der Waals surface area contributed by atoms with Crippen molar-refractivity contribution in [3.63, 3.8) is 0 Å². The van der Waals surface area contributed by atoms with Crippen LogP contribution >= 0.6 is 15.9 Å². The van der Waals surface area contributed by atoms with Crippen molar-refractivity contribution in [3.8, 4) is 17.2 Å². The second kappa shape index (κ2) is 11.1. The first-order valence-electron chi connectivity index (χ1n) is 12.2. The molecular formula is C28H28BrN5O4. The van der Waals surface area contributed by atoms with E-state index in [1.54, 1.807) is 32.4 Å². The van der Waals surface area contributed by atoms with Gasteiger partial charge in [-0.15, -0.1) is 0 Å². The summed E-state index contributed by atoms with van der Waals surface area (Å²) in [5.41, 5.74) is 8.49. The molecule has 4 aromatic rings. The van der Waals surface area contributed by atoms with Crippen molar-refractivity contribution in [2.45, 2.75) is 6.61 Å². The molecule has 2 N–H and O–H groups in total. The molecule has 0 aliphatic carbocycles. The number of nitrogens with zero attached hydrogens (tertiary/aromatic N) is 4. The van der Waals surface area contributed by atoms with E-state index in [1.807, 2.05) is 52.3 Å². The van der Waals surface area contributed by atoms with Gasteiger partial charge in [-0.1, -0.05) is 36.4 Å². The topological polar surface area (TPSA) is 103 Å². The van der Waals surface area contributed by atoms with E-state index in [9.17, 15) is 4.79 Å². The number of ether oxygens (including phenoxy) is 3. The summed E-state index contributed by atoms with van der Waals surface area (Å²) in [5, 5.41) is 0.693. The Balaban J connectivity index is 1.31. The molecular weight excluding hydrogens is 550 g/mol. The molecule has 1 amide bonds. The number of nitrogens with two attached hydrogens (primary N) is 1. The number of halogens is 1. The number of carbonyl (C=O) groups is 1. The molecule has 1 saturated heterocycles. The number of anilines is 2. The predicted octanol–water partition coefficient (Wildman–Crippen LogP) is 4.53. The van der Waals surface area contributed by atoms with Crippen molar-refractivity contribution in [3.05, 3.63) is 76.3 Å². The molecule has 1 fully saturated rings. The van der Waals surface area contributed by atoms with E-state index in [0.29, 0.717) is 78.3 Å². The number of methoxy groups -OCH3 is 2. The molecule has 2 heterocycles. The molecule has 5 rings (SSSR count). The summed E-state index contributed by atoms with van der Waals surface area (Å²) in [4.78, 5) is 26.6. The Morgan fingerprint density at radius 2 is 1.66 bits per heavy atom. The molecule has 38 heavy (non-hydrogen) atoms. The van der Waals surface area contributed by atoms with Gasteiger partial charge in [-0.05, 0) is 39.7 Å². The van der Waals surface area contributed by atoms with Crippen LogP contribution < -0.4 is 24.8 Å². The number of para-hydroxylation sites is 1. The molecule has 0 saturated carbocycles. The second-order valence-corrected chi connectivity index (χ2v) is 9.66. The summed E-state index contributed by atoms with van der Waals surface area (Å²) < 4.78 is 17.6. The van der Waals surface area contributed by atoms with Crippen LogP contribution in [0.1, 0.15) is 15.9 Å². The van der Waals surface area contributed by atoms with Crippen LogP contribution in [0.3, 0.4) is 0 Å². The highest BCUT2D eigenvalue weighted by molar-refractivity contribution is 9.10. The highest BCUT2D eigenvalue weighted by Crippen LogP contribution is 2.35. The number of fused-ring (bicyclic) bond motifs is 1. The summed E-state index contributed by atoms with van der Waals surface area (Å²) in [6, 6.07) is 19.0. The maximum absolute atomic E-state index is 13.5. The number of piperazine rings is 1. The van der Waals surface area contributed by atoms with Crippen LogP contribution in [0, 0.1) is 0 Å². The average Bonchev–Trinajstić information content (AvgIpc) is 2.96. The van der Waals surface area contributed by atoms with Crippen molar-refractivity contribution >= 4 is 44.5 Å². The fourth-order valence-electron chi connectivity index (χ4n) is 4.44. The zero-order valence-electron chi connectivity index (χ0n) is 21.2. The van der Waals surface area contributed by atoms with Crippen molar-refractivity contribution in [2.75, 3.05) is 51.0 Å². The Morgan fingerprint density at radius 3 is 2.37 bits per heavy atom. The Hall–Kier alpha value is -4.05. The van der Waals surface area contributed by atoms with Gasteiger partial charge < -0.3 is 29.7 Å². The molecule has 1 aliphatic heterocycles. The van der Waals surface area contributed by atoms with Crippen LogP contribution in [0.15, 0.2) is 65.1 Å². The lowest BCUT2D eigenvalue weighted by Gasteiger charge is -2.35. The first-order chi connectivity index (χ1) is 18.5. The van der Waals surface area contributed by atoms with Gasteiger partial charge in [-0.2, -0.15) is 4.98 Å². The summed E-state index contributed by atoms with van der Waals surface area (Å²) in [6.45, 7) is 2.53. The minimum atomic E-state index is -0.0789. The number of amides is 1. The Kier molecular flexibility index (Phi) is 7.50. The van der Waals surface area contributed by atoms with E-state index in [2.05, 4.69) is 20.9 Å². The van der Waals surface area contributed by atoms with Crippen molar-refractivity contribution in [1.82, 2.24) is 14.9 Å². The van der Waals surface area contributed by atoms with Gasteiger partial charge in [0.25, 0.3) is 5.91 Å². The average molecular weight is 578 g/mol. The molecule has 0 atom stereocenters. The van der Waals surface area contributed by atoms with Gasteiger partial charge in [0.15, 0.2) is 11.5 Å². The van der Waals surface area contributed by atoms with Gasteiger partial charge in [0.1, 0.15) is 18.2 Å². The molecule has 9 nitrogen and oxygen atoms in total. The number of carbonyl (C=O) groups excluding carboxylic acids is 1. The maximum Gasteiger partial charge on any atom is 0.257 e. The fourth-order valence-corrected chi connectivity index (χ4v) is 4.92. The number of hydrogen-bond acceptors (Lipinski definition) is 8. The van der Waals surface area contributed by atoms with E-state index in [-0.39, 0.29) is 5.91 Å². The van der Waals surface area contributed by atoms with E-state index in [4.69, 9.17) is 24.9 Å². The third-order valence-corrected chi connectivity index (χ3v) is 7.12. The molecule has 10 heteroatoms. The number of aromatic nitrogens is 2. The van der Waals surface area contributed by atoms with Crippen LogP contribution in [0.2, 0.25) is 0 Å². The van der Waals surface area contributed by atoms with Crippen LogP contribution in [-0.2, 0) is 6.61 Å². The standard InChI is InChI=1S/C28H28BrN5O4/c1-36-23-15-20-22(16-24(23)37-2)31-28(32-26(20)30)34-13-11-33(12-14-34)27(35)19-9-6-10-21(29)25(19)38-17-18-7-4-3-5-8-18/h3-10,15-16H,11-14,17H2,1-2H3,(H2,30,31,32). The van der Waals surface area contributed by atoms with Gasteiger partial charge in [-0.25, -0.2) is 4.98 Å². The summed E-state index contributed by atoms with van der Waals surface area (Å²) in [6.07, 6.45) is 0. The van der Waals surface area contributed by atoms with Crippen LogP contribution in [-0.4, -0.2) is 61.2 Å². The first-order valence-corrected chi connectivity index (χ1v) is 13.0. The molecule has 196 valence electrons. The van der Waals surface area contributed by atoms with Crippen LogP contribution in [0.4, 0.5) is 11.8 Å². The lowest BCUT2D eigenvalue weighted by atomic mass is 10.1. The zero-order chi connectivity index (χ0) is 26.6. The first kappa shape index (κ1) is 25.6. The molecule has 0 unspecified atom stereocenters. The summed E-state index contributed by atoms with van der Waals surface area (Å²) >= 11 is 3.55. The van der Waals surface area contributed by atoms with E-state index < -0.39 is 0 Å². The van der Waals surface area contributed by atoms with Crippen LogP contribution in [0.5, 0.6) is 17.2 Å². The number of benzene rings is 3. The highest BCUT2D eigenvalue weighted by atomic mass is 79.9. The molecule has 0 spiro atoms. The van der Waals surface area contributed by atoms with Gasteiger partial charge in [0.05, 0.1) is 29.8 Å². The van der Waals surface area contributed by atoms with Gasteiger partial charge in [0, 0.05) is 37.6 Å². The lowest BCUT2D eigenvalue weighted by molar-refractivity contribution is 0.0741. The van der Waals surface area contributed by atoms with Crippen molar-refractivity contribution in [2.24, 2.45) is 0 Å². The van der Waals surface area contributed by atoms with E-state index in [0.717, 1.165) is 10.0 Å². The summed E-state index contributed by atoms with van der Waals surface area (Å²) in [5.74, 6) is 2.47. The smallest absolute Gasteiger partial charge is 0.257 e. The fraction of sp³-hybridized carbons (Fsp3) is 0.250. The van der Waals surface area contributed by atoms with Gasteiger partial charge >= 0.3 is 0 Å². The van der Waals surface area contributed by atoms with Gasteiger partial charge in [0.2, 0.25) is 5.95 Å². The minimum Gasteiger partial charge on any atom is -0.493 e. The summed E-state index contributed by atoms with van der Waals surface area (Å²) in [7, 11) is 3.15. The molecule has 0 bridgehead atoms. The molecule has 1 aromatic heterocycles. The number of hydrogen-bond donors (Lipinski definition) is 1.